The highest BCUT2D eigenvalue weighted by Crippen LogP contribution is 2.32. The molecule has 0 radical (unpaired) electrons. The van der Waals surface area contributed by atoms with Gasteiger partial charge in [0.05, 0.1) is 25.4 Å². The normalized spacial score (nSPS) is 22.5. The Bertz CT molecular complexity index is 1080. The first kappa shape index (κ1) is 28.0. The molecule has 4 rings (SSSR count). The van der Waals surface area contributed by atoms with Gasteiger partial charge in [-0.3, -0.25) is 14.5 Å². The molecular formula is C31H40N2O5. The number of primary amides is 1. The fraction of sp³-hybridized carbons (Fsp3) is 0.484. The minimum Gasteiger partial charge on any atom is -0.481 e. The summed E-state index contributed by atoms with van der Waals surface area (Å²) in [6, 6.07) is 15.8. The molecule has 0 spiro atoms. The predicted octanol–water partition coefficient (Wildman–Crippen LogP) is 5.18. The zero-order chi connectivity index (χ0) is 26.7. The summed E-state index contributed by atoms with van der Waals surface area (Å²) < 4.78 is 12.8. The van der Waals surface area contributed by atoms with E-state index in [4.69, 9.17) is 20.3 Å². The molecule has 1 unspecified atom stereocenters. The zero-order valence-electron chi connectivity index (χ0n) is 22.1. The number of nitrogens with zero attached hydrogens (tertiary/aromatic N) is 1. The second kappa shape index (κ2) is 14.2. The van der Waals surface area contributed by atoms with Crippen LogP contribution in [0.25, 0.3) is 11.1 Å². The fourth-order valence-electron chi connectivity index (χ4n) is 5.62. The van der Waals surface area contributed by atoms with Gasteiger partial charge in [0.25, 0.3) is 0 Å². The predicted molar refractivity (Wildman–Crippen MR) is 148 cm³/mol. The summed E-state index contributed by atoms with van der Waals surface area (Å²) in [4.78, 5) is 25.2. The number of aliphatic carboxylic acids is 1. The largest absolute Gasteiger partial charge is 0.481 e. The van der Waals surface area contributed by atoms with Gasteiger partial charge in [-0.25, -0.2) is 0 Å². The van der Waals surface area contributed by atoms with E-state index in [1.165, 1.54) is 25.7 Å². The van der Waals surface area contributed by atoms with Gasteiger partial charge in [0.15, 0.2) is 0 Å². The number of likely N-dealkylation sites (tertiary alicyclic amines) is 1. The number of rotatable bonds is 12. The molecule has 7 heteroatoms. The minimum atomic E-state index is -0.786. The maximum absolute atomic E-state index is 11.8. The van der Waals surface area contributed by atoms with Crippen molar-refractivity contribution < 1.29 is 24.2 Å². The van der Waals surface area contributed by atoms with Crippen molar-refractivity contribution in [2.75, 3.05) is 19.7 Å². The Labute approximate surface area is 225 Å². The zero-order valence-corrected chi connectivity index (χ0v) is 22.1. The van der Waals surface area contributed by atoms with Crippen LogP contribution in [0, 0.1) is 0 Å². The molecule has 1 aliphatic heterocycles. The van der Waals surface area contributed by atoms with Crippen LogP contribution in [0.4, 0.5) is 0 Å². The summed E-state index contributed by atoms with van der Waals surface area (Å²) in [7, 11) is 0. The number of carbonyl (C=O) groups excluding carboxylic acids is 1. The molecule has 2 aromatic rings. The van der Waals surface area contributed by atoms with Crippen LogP contribution < -0.4 is 5.73 Å². The molecule has 1 saturated heterocycles. The van der Waals surface area contributed by atoms with Crippen LogP contribution in [-0.4, -0.2) is 59.8 Å². The summed E-state index contributed by atoms with van der Waals surface area (Å²) in [5.74, 6) is -1.22. The number of nitrogens with two attached hydrogens (primary N) is 1. The SMILES string of the molecule is NC(=O)c1ccccc1-c1ccc(COC2CC[C@H](N3CCCCCC3)[C@H]2OC/C=C\CCC(=O)O)cc1. The molecule has 1 heterocycles. The van der Waals surface area contributed by atoms with Gasteiger partial charge in [-0.2, -0.15) is 0 Å². The van der Waals surface area contributed by atoms with Gasteiger partial charge in [-0.15, -0.1) is 0 Å². The van der Waals surface area contributed by atoms with Gasteiger partial charge in [0.2, 0.25) is 5.91 Å². The molecule has 3 atom stereocenters. The number of benzene rings is 2. The lowest BCUT2D eigenvalue weighted by Gasteiger charge is -2.33. The Morgan fingerprint density at radius 3 is 2.39 bits per heavy atom. The number of carbonyl (C=O) groups is 2. The van der Waals surface area contributed by atoms with Crippen molar-refractivity contribution in [2.45, 2.75) is 76.2 Å². The molecule has 0 bridgehead atoms. The summed E-state index contributed by atoms with van der Waals surface area (Å²) in [6.45, 7) is 3.17. The summed E-state index contributed by atoms with van der Waals surface area (Å²) in [6.07, 6.45) is 11.5. The molecule has 204 valence electrons. The Balaban J connectivity index is 1.38. The van der Waals surface area contributed by atoms with Crippen molar-refractivity contribution in [3.8, 4) is 11.1 Å². The van der Waals surface area contributed by atoms with Gasteiger partial charge in [0, 0.05) is 18.0 Å². The van der Waals surface area contributed by atoms with Crippen molar-refractivity contribution in [1.29, 1.82) is 0 Å². The highest BCUT2D eigenvalue weighted by atomic mass is 16.5. The van der Waals surface area contributed by atoms with Crippen molar-refractivity contribution in [3.63, 3.8) is 0 Å². The van der Waals surface area contributed by atoms with Crippen molar-refractivity contribution >= 4 is 11.9 Å². The van der Waals surface area contributed by atoms with Crippen LogP contribution in [0.5, 0.6) is 0 Å². The number of allylic oxidation sites excluding steroid dienone is 1. The van der Waals surface area contributed by atoms with E-state index in [-0.39, 0.29) is 18.6 Å². The molecule has 0 aromatic heterocycles. The number of ether oxygens (including phenoxy) is 2. The minimum absolute atomic E-state index is 0.00550. The Kier molecular flexibility index (Phi) is 10.5. The second-order valence-corrected chi connectivity index (χ2v) is 10.3. The first-order chi connectivity index (χ1) is 18.5. The first-order valence-corrected chi connectivity index (χ1v) is 13.8. The third-order valence-corrected chi connectivity index (χ3v) is 7.60. The third kappa shape index (κ3) is 7.76. The monoisotopic (exact) mass is 520 g/mol. The maximum atomic E-state index is 11.8. The second-order valence-electron chi connectivity index (χ2n) is 10.3. The van der Waals surface area contributed by atoms with Gasteiger partial charge >= 0.3 is 5.97 Å². The summed E-state index contributed by atoms with van der Waals surface area (Å²) in [5, 5.41) is 8.83. The molecule has 2 aliphatic rings. The molecule has 2 fully saturated rings. The molecule has 38 heavy (non-hydrogen) atoms. The fourth-order valence-corrected chi connectivity index (χ4v) is 5.62. The van der Waals surface area contributed by atoms with Gasteiger partial charge in [0.1, 0.15) is 0 Å². The van der Waals surface area contributed by atoms with E-state index in [2.05, 4.69) is 4.90 Å². The number of hydrogen-bond donors (Lipinski definition) is 2. The smallest absolute Gasteiger partial charge is 0.303 e. The van der Waals surface area contributed by atoms with E-state index in [9.17, 15) is 9.59 Å². The summed E-state index contributed by atoms with van der Waals surface area (Å²) >= 11 is 0. The molecule has 1 saturated carbocycles. The van der Waals surface area contributed by atoms with Crippen LogP contribution in [0.2, 0.25) is 0 Å². The third-order valence-electron chi connectivity index (χ3n) is 7.60. The number of amides is 1. The van der Waals surface area contributed by atoms with Crippen molar-refractivity contribution in [3.05, 3.63) is 71.8 Å². The first-order valence-electron chi connectivity index (χ1n) is 13.8. The number of hydrogen-bond acceptors (Lipinski definition) is 5. The Morgan fingerprint density at radius 2 is 1.68 bits per heavy atom. The standard InChI is InChI=1S/C31H40N2O5/c32-31(36)26-11-6-5-10-25(26)24-15-13-23(14-16-24)22-38-28-18-17-27(33-19-7-1-2-8-20-33)30(28)37-21-9-3-4-12-29(34)35/h3,5-6,9-11,13-16,27-28,30H,1-2,4,7-8,12,17-22H2,(H2,32,36)(H,34,35)/b9-3-/t27-,28?,30+/m0/s1. The molecule has 1 amide bonds. The van der Waals surface area contributed by atoms with Crippen LogP contribution in [0.15, 0.2) is 60.7 Å². The lowest BCUT2D eigenvalue weighted by atomic mass is 9.98. The van der Waals surface area contributed by atoms with Crippen LogP contribution in [0.1, 0.15) is 67.3 Å². The summed E-state index contributed by atoms with van der Waals surface area (Å²) in [5.41, 5.74) is 8.91. The van der Waals surface area contributed by atoms with E-state index in [1.807, 2.05) is 54.6 Å². The van der Waals surface area contributed by atoms with E-state index in [0.29, 0.717) is 31.2 Å². The lowest BCUT2D eigenvalue weighted by molar-refractivity contribution is -0.136. The molecule has 2 aromatic carbocycles. The van der Waals surface area contributed by atoms with Crippen molar-refractivity contribution in [2.24, 2.45) is 5.73 Å². The van der Waals surface area contributed by atoms with Crippen LogP contribution >= 0.6 is 0 Å². The topological polar surface area (TPSA) is 102 Å². The van der Waals surface area contributed by atoms with E-state index < -0.39 is 11.9 Å². The van der Waals surface area contributed by atoms with E-state index in [1.54, 1.807) is 6.07 Å². The highest BCUT2D eigenvalue weighted by molar-refractivity contribution is 5.99. The highest BCUT2D eigenvalue weighted by Gasteiger charge is 2.40. The molecule has 7 nitrogen and oxygen atoms in total. The van der Waals surface area contributed by atoms with E-state index >= 15 is 0 Å². The van der Waals surface area contributed by atoms with Crippen LogP contribution in [-0.2, 0) is 20.9 Å². The van der Waals surface area contributed by atoms with Gasteiger partial charge in [-0.1, -0.05) is 67.5 Å². The average Bonchev–Trinajstić information content (AvgIpc) is 3.12. The van der Waals surface area contributed by atoms with Crippen LogP contribution in [0.3, 0.4) is 0 Å². The van der Waals surface area contributed by atoms with Gasteiger partial charge < -0.3 is 20.3 Å². The quantitative estimate of drug-likeness (QED) is 0.374. The van der Waals surface area contributed by atoms with Crippen molar-refractivity contribution in [1.82, 2.24) is 4.90 Å². The van der Waals surface area contributed by atoms with Gasteiger partial charge in [-0.05, 0) is 68.0 Å². The maximum Gasteiger partial charge on any atom is 0.303 e. The Morgan fingerprint density at radius 1 is 0.947 bits per heavy atom. The van der Waals surface area contributed by atoms with E-state index in [0.717, 1.165) is 42.6 Å². The Hall–Kier alpha value is -3.00. The molecular weight excluding hydrogens is 480 g/mol. The lowest BCUT2D eigenvalue weighted by Crippen LogP contribution is -2.45. The average molecular weight is 521 g/mol. The number of carboxylic acids is 1. The molecule has 3 N–H and O–H groups in total. The molecule has 1 aliphatic carbocycles. The number of carboxylic acid groups (broad SMARTS) is 1.